The lowest BCUT2D eigenvalue weighted by molar-refractivity contribution is -0.135. The van der Waals surface area contributed by atoms with Gasteiger partial charge in [0.05, 0.1) is 32.6 Å². The number of aldehydes is 1. The SMILES string of the molecule is CCOc1cc(C=O)ccc1OCC(=O)N1N=C(c2ccc(OC)cc2)CC1c1ccc(OC)cc1. The van der Waals surface area contributed by atoms with Crippen LogP contribution in [0.1, 0.15) is 40.9 Å². The van der Waals surface area contributed by atoms with Crippen LogP contribution >= 0.6 is 0 Å². The van der Waals surface area contributed by atoms with Crippen LogP contribution in [0.5, 0.6) is 23.0 Å². The predicted molar refractivity (Wildman–Crippen MR) is 135 cm³/mol. The number of carbonyl (C=O) groups is 2. The van der Waals surface area contributed by atoms with Crippen LogP contribution in [0.4, 0.5) is 0 Å². The van der Waals surface area contributed by atoms with Crippen LogP contribution in [0.15, 0.2) is 71.8 Å². The van der Waals surface area contributed by atoms with Crippen molar-refractivity contribution < 1.29 is 28.5 Å². The van der Waals surface area contributed by atoms with Gasteiger partial charge < -0.3 is 18.9 Å². The molecule has 0 saturated carbocycles. The molecule has 3 aromatic carbocycles. The molecule has 0 aromatic heterocycles. The molecule has 0 bridgehead atoms. The Bertz CT molecular complexity index is 1240. The van der Waals surface area contributed by atoms with E-state index in [4.69, 9.17) is 18.9 Å². The quantitative estimate of drug-likeness (QED) is 0.386. The smallest absolute Gasteiger partial charge is 0.281 e. The van der Waals surface area contributed by atoms with Crippen LogP contribution < -0.4 is 18.9 Å². The fraction of sp³-hybridized carbons (Fsp3) is 0.250. The van der Waals surface area contributed by atoms with Gasteiger partial charge in [-0.15, -0.1) is 0 Å². The van der Waals surface area contributed by atoms with Gasteiger partial charge in [-0.3, -0.25) is 9.59 Å². The summed E-state index contributed by atoms with van der Waals surface area (Å²) in [6.07, 6.45) is 1.28. The van der Waals surface area contributed by atoms with E-state index in [0.29, 0.717) is 30.1 Å². The number of rotatable bonds is 10. The minimum absolute atomic E-state index is 0.243. The van der Waals surface area contributed by atoms with Crippen LogP contribution in [0.25, 0.3) is 0 Å². The van der Waals surface area contributed by atoms with E-state index in [-0.39, 0.29) is 18.6 Å². The molecule has 1 aliphatic rings. The number of nitrogens with zero attached hydrogens (tertiary/aromatic N) is 2. The van der Waals surface area contributed by atoms with Crippen molar-refractivity contribution in [2.24, 2.45) is 5.10 Å². The molecule has 36 heavy (non-hydrogen) atoms. The molecule has 0 radical (unpaired) electrons. The van der Waals surface area contributed by atoms with Crippen LogP contribution in [-0.2, 0) is 4.79 Å². The van der Waals surface area contributed by atoms with E-state index in [9.17, 15) is 9.59 Å². The van der Waals surface area contributed by atoms with Crippen LogP contribution in [0.2, 0.25) is 0 Å². The van der Waals surface area contributed by atoms with E-state index < -0.39 is 0 Å². The van der Waals surface area contributed by atoms with E-state index in [1.807, 2.05) is 55.5 Å². The summed E-state index contributed by atoms with van der Waals surface area (Å²) < 4.78 is 21.9. The Kier molecular flexibility index (Phi) is 7.85. The van der Waals surface area contributed by atoms with Gasteiger partial charge in [0.2, 0.25) is 0 Å². The molecular weight excluding hydrogens is 460 g/mol. The van der Waals surface area contributed by atoms with Crippen molar-refractivity contribution in [2.45, 2.75) is 19.4 Å². The number of hydrogen-bond donors (Lipinski definition) is 0. The first kappa shape index (κ1) is 24.8. The summed E-state index contributed by atoms with van der Waals surface area (Å²) in [7, 11) is 3.23. The lowest BCUT2D eigenvalue weighted by Gasteiger charge is -2.22. The van der Waals surface area contributed by atoms with Crippen molar-refractivity contribution in [1.29, 1.82) is 0 Å². The second-order valence-corrected chi connectivity index (χ2v) is 8.05. The zero-order valence-electron chi connectivity index (χ0n) is 20.5. The van der Waals surface area contributed by atoms with Crippen LogP contribution in [-0.4, -0.2) is 50.3 Å². The topological polar surface area (TPSA) is 86.7 Å². The van der Waals surface area contributed by atoms with Crippen molar-refractivity contribution in [2.75, 3.05) is 27.4 Å². The maximum atomic E-state index is 13.3. The Balaban J connectivity index is 1.58. The molecule has 0 spiro atoms. The zero-order valence-corrected chi connectivity index (χ0v) is 20.5. The number of benzene rings is 3. The van der Waals surface area contributed by atoms with Gasteiger partial charge in [-0.2, -0.15) is 5.10 Å². The molecule has 1 heterocycles. The van der Waals surface area contributed by atoms with Gasteiger partial charge in [0, 0.05) is 12.0 Å². The summed E-state index contributed by atoms with van der Waals surface area (Å²) in [4.78, 5) is 24.5. The highest BCUT2D eigenvalue weighted by atomic mass is 16.5. The van der Waals surface area contributed by atoms with Crippen molar-refractivity contribution in [3.63, 3.8) is 0 Å². The van der Waals surface area contributed by atoms with Crippen molar-refractivity contribution in [3.05, 3.63) is 83.4 Å². The normalized spacial score (nSPS) is 14.7. The molecule has 1 aliphatic heterocycles. The number of ether oxygens (including phenoxy) is 4. The molecule has 4 rings (SSSR count). The number of carbonyl (C=O) groups excluding carboxylic acids is 2. The van der Waals surface area contributed by atoms with Gasteiger partial charge >= 0.3 is 0 Å². The molecule has 0 N–H and O–H groups in total. The summed E-state index contributed by atoms with van der Waals surface area (Å²) in [6.45, 7) is 1.99. The van der Waals surface area contributed by atoms with Gasteiger partial charge in [0.25, 0.3) is 5.91 Å². The Morgan fingerprint density at radius 3 is 2.22 bits per heavy atom. The molecule has 8 nitrogen and oxygen atoms in total. The Hall–Kier alpha value is -4.33. The lowest BCUT2D eigenvalue weighted by atomic mass is 9.98. The minimum Gasteiger partial charge on any atom is -0.497 e. The molecule has 1 atom stereocenters. The van der Waals surface area contributed by atoms with Crippen molar-refractivity contribution >= 4 is 17.9 Å². The van der Waals surface area contributed by atoms with Gasteiger partial charge in [-0.05, 0) is 72.6 Å². The van der Waals surface area contributed by atoms with E-state index in [0.717, 1.165) is 34.6 Å². The number of amides is 1. The van der Waals surface area contributed by atoms with Gasteiger partial charge in [0.15, 0.2) is 18.1 Å². The van der Waals surface area contributed by atoms with Crippen LogP contribution in [0, 0.1) is 0 Å². The van der Waals surface area contributed by atoms with Gasteiger partial charge in [0.1, 0.15) is 17.8 Å². The standard InChI is InChI=1S/C28H28N2O6/c1-4-35-27-15-19(17-31)5-14-26(27)36-18-28(32)30-25(21-8-12-23(34-3)13-9-21)16-24(29-30)20-6-10-22(33-2)11-7-20/h5-15,17,25H,4,16,18H2,1-3H3. The third-order valence-corrected chi connectivity index (χ3v) is 5.84. The van der Waals surface area contributed by atoms with E-state index in [2.05, 4.69) is 5.10 Å². The summed E-state index contributed by atoms with van der Waals surface area (Å²) in [5.74, 6) is 1.97. The highest BCUT2D eigenvalue weighted by Gasteiger charge is 2.33. The summed E-state index contributed by atoms with van der Waals surface area (Å²) in [6, 6.07) is 19.7. The Morgan fingerprint density at radius 1 is 0.944 bits per heavy atom. The van der Waals surface area contributed by atoms with E-state index in [1.165, 1.54) is 5.01 Å². The van der Waals surface area contributed by atoms with Crippen molar-refractivity contribution in [3.8, 4) is 23.0 Å². The van der Waals surface area contributed by atoms with E-state index >= 15 is 0 Å². The second kappa shape index (κ2) is 11.4. The minimum atomic E-state index is -0.304. The number of methoxy groups -OCH3 is 2. The Morgan fingerprint density at radius 2 is 1.61 bits per heavy atom. The molecular formula is C28H28N2O6. The fourth-order valence-corrected chi connectivity index (χ4v) is 3.97. The number of hydrogen-bond acceptors (Lipinski definition) is 7. The molecule has 3 aromatic rings. The lowest BCUT2D eigenvalue weighted by Crippen LogP contribution is -2.31. The summed E-state index contributed by atoms with van der Waals surface area (Å²) >= 11 is 0. The first-order valence-electron chi connectivity index (χ1n) is 11.6. The highest BCUT2D eigenvalue weighted by Crippen LogP contribution is 2.34. The molecule has 1 amide bonds. The van der Waals surface area contributed by atoms with Gasteiger partial charge in [-0.25, -0.2) is 5.01 Å². The third-order valence-electron chi connectivity index (χ3n) is 5.84. The molecule has 8 heteroatoms. The Labute approximate surface area is 210 Å². The third kappa shape index (κ3) is 5.49. The number of hydrazone groups is 1. The summed E-state index contributed by atoms with van der Waals surface area (Å²) in [5.41, 5.74) is 3.09. The second-order valence-electron chi connectivity index (χ2n) is 8.05. The molecule has 0 saturated heterocycles. The predicted octanol–water partition coefficient (Wildman–Crippen LogP) is 4.67. The fourth-order valence-electron chi connectivity index (χ4n) is 3.97. The largest absolute Gasteiger partial charge is 0.497 e. The maximum Gasteiger partial charge on any atom is 0.281 e. The average molecular weight is 489 g/mol. The zero-order chi connectivity index (χ0) is 25.5. The first-order valence-corrected chi connectivity index (χ1v) is 11.6. The average Bonchev–Trinajstić information content (AvgIpc) is 3.38. The molecule has 1 unspecified atom stereocenters. The van der Waals surface area contributed by atoms with E-state index in [1.54, 1.807) is 32.4 Å². The van der Waals surface area contributed by atoms with Gasteiger partial charge in [-0.1, -0.05) is 12.1 Å². The summed E-state index contributed by atoms with van der Waals surface area (Å²) in [5, 5.41) is 6.16. The molecule has 0 aliphatic carbocycles. The maximum absolute atomic E-state index is 13.3. The molecule has 186 valence electrons. The van der Waals surface area contributed by atoms with Crippen LogP contribution in [0.3, 0.4) is 0 Å². The highest BCUT2D eigenvalue weighted by molar-refractivity contribution is 6.03. The van der Waals surface area contributed by atoms with Crippen molar-refractivity contribution in [1.82, 2.24) is 5.01 Å². The molecule has 0 fully saturated rings. The first-order chi connectivity index (χ1) is 17.6. The monoisotopic (exact) mass is 488 g/mol.